The Labute approximate surface area is 99.0 Å². The van der Waals surface area contributed by atoms with Crippen molar-refractivity contribution < 1.29 is 4.79 Å². The van der Waals surface area contributed by atoms with Crippen LogP contribution in [0.2, 0.25) is 0 Å². The van der Waals surface area contributed by atoms with Gasteiger partial charge in [0, 0.05) is 32.6 Å². The molecule has 0 aliphatic carbocycles. The summed E-state index contributed by atoms with van der Waals surface area (Å²) >= 11 is 0. The van der Waals surface area contributed by atoms with E-state index in [2.05, 4.69) is 24.3 Å². The fourth-order valence-electron chi connectivity index (χ4n) is 2.27. The molecular formula is C12H25N3O. The molecule has 0 aromatic heterocycles. The van der Waals surface area contributed by atoms with E-state index in [0.717, 1.165) is 44.9 Å². The van der Waals surface area contributed by atoms with Crippen molar-refractivity contribution >= 4 is 5.91 Å². The third-order valence-electron chi connectivity index (χ3n) is 3.18. The molecule has 1 aliphatic rings. The van der Waals surface area contributed by atoms with E-state index < -0.39 is 0 Å². The lowest BCUT2D eigenvalue weighted by Gasteiger charge is -2.33. The third-order valence-corrected chi connectivity index (χ3v) is 3.18. The number of nitrogens with zero attached hydrogens (tertiary/aromatic N) is 2. The number of hydrogen-bond acceptors (Lipinski definition) is 3. The van der Waals surface area contributed by atoms with E-state index in [9.17, 15) is 4.79 Å². The first kappa shape index (κ1) is 13.5. The maximum atomic E-state index is 11.8. The van der Waals surface area contributed by atoms with E-state index in [4.69, 9.17) is 0 Å². The lowest BCUT2D eigenvalue weighted by atomic mass is 9.96. The zero-order valence-electron chi connectivity index (χ0n) is 10.8. The molecule has 4 nitrogen and oxygen atoms in total. The van der Waals surface area contributed by atoms with Gasteiger partial charge in [-0.1, -0.05) is 0 Å². The molecule has 0 aromatic rings. The molecule has 94 valence electrons. The maximum absolute atomic E-state index is 11.8. The number of carbonyl (C=O) groups excluding carboxylic acids is 1. The van der Waals surface area contributed by atoms with Crippen LogP contribution in [0.3, 0.4) is 0 Å². The summed E-state index contributed by atoms with van der Waals surface area (Å²) in [5.41, 5.74) is 0. The lowest BCUT2D eigenvalue weighted by molar-refractivity contribution is -0.132. The molecule has 0 bridgehead atoms. The lowest BCUT2D eigenvalue weighted by Crippen LogP contribution is -2.41. The first-order valence-corrected chi connectivity index (χ1v) is 6.20. The summed E-state index contributed by atoms with van der Waals surface area (Å²) in [5, 5.41) is 3.02. The van der Waals surface area contributed by atoms with Crippen LogP contribution in [0.15, 0.2) is 0 Å². The van der Waals surface area contributed by atoms with Gasteiger partial charge in [0.15, 0.2) is 0 Å². The standard InChI is InChI=1S/C12H25N3O/c1-13-7-4-12(16)15-8-5-11(6-9-15)10-14(2)3/h11,13H,4-10H2,1-3H3. The van der Waals surface area contributed by atoms with E-state index in [1.54, 1.807) is 0 Å². The largest absolute Gasteiger partial charge is 0.343 e. The van der Waals surface area contributed by atoms with Gasteiger partial charge in [-0.25, -0.2) is 0 Å². The number of likely N-dealkylation sites (tertiary alicyclic amines) is 1. The van der Waals surface area contributed by atoms with Gasteiger partial charge >= 0.3 is 0 Å². The minimum atomic E-state index is 0.303. The van der Waals surface area contributed by atoms with E-state index >= 15 is 0 Å². The normalized spacial score (nSPS) is 18.1. The van der Waals surface area contributed by atoms with Crippen molar-refractivity contribution in [3.05, 3.63) is 0 Å². The van der Waals surface area contributed by atoms with Crippen LogP contribution in [0.25, 0.3) is 0 Å². The number of nitrogens with one attached hydrogen (secondary N) is 1. The molecule has 0 saturated carbocycles. The van der Waals surface area contributed by atoms with Crippen molar-refractivity contribution in [3.63, 3.8) is 0 Å². The monoisotopic (exact) mass is 227 g/mol. The van der Waals surface area contributed by atoms with Crippen LogP contribution in [-0.2, 0) is 4.79 Å². The first-order chi connectivity index (χ1) is 7.63. The zero-order valence-corrected chi connectivity index (χ0v) is 10.8. The van der Waals surface area contributed by atoms with Gasteiger partial charge in [-0.15, -0.1) is 0 Å². The molecule has 0 aromatic carbocycles. The second-order valence-electron chi connectivity index (χ2n) is 4.94. The Kier molecular flexibility index (Phi) is 5.77. The maximum Gasteiger partial charge on any atom is 0.223 e. The molecule has 1 heterocycles. The van der Waals surface area contributed by atoms with Gasteiger partial charge in [0.1, 0.15) is 0 Å². The Morgan fingerprint density at radius 1 is 1.38 bits per heavy atom. The van der Waals surface area contributed by atoms with Crippen molar-refractivity contribution in [1.82, 2.24) is 15.1 Å². The van der Waals surface area contributed by atoms with Crippen molar-refractivity contribution in [1.29, 1.82) is 0 Å². The fraction of sp³-hybridized carbons (Fsp3) is 0.917. The predicted octanol–water partition coefficient (Wildman–Crippen LogP) is 0.396. The molecule has 0 atom stereocenters. The molecule has 1 rings (SSSR count). The average molecular weight is 227 g/mol. The van der Waals surface area contributed by atoms with Crippen molar-refractivity contribution in [2.24, 2.45) is 5.92 Å². The first-order valence-electron chi connectivity index (χ1n) is 6.20. The molecule has 1 amide bonds. The summed E-state index contributed by atoms with van der Waals surface area (Å²) in [5.74, 6) is 1.07. The fourth-order valence-corrected chi connectivity index (χ4v) is 2.27. The van der Waals surface area contributed by atoms with Gasteiger partial charge in [-0.2, -0.15) is 0 Å². The molecule has 16 heavy (non-hydrogen) atoms. The average Bonchev–Trinajstić information content (AvgIpc) is 2.26. The van der Waals surface area contributed by atoms with Gasteiger partial charge in [0.2, 0.25) is 5.91 Å². The van der Waals surface area contributed by atoms with Crippen LogP contribution in [0.1, 0.15) is 19.3 Å². The molecule has 1 N–H and O–H groups in total. The summed E-state index contributed by atoms with van der Waals surface area (Å²) < 4.78 is 0. The third kappa shape index (κ3) is 4.49. The molecular weight excluding hydrogens is 202 g/mol. The predicted molar refractivity (Wildman–Crippen MR) is 66.4 cm³/mol. The Hall–Kier alpha value is -0.610. The highest BCUT2D eigenvalue weighted by molar-refractivity contribution is 5.76. The molecule has 1 aliphatic heterocycles. The van der Waals surface area contributed by atoms with Gasteiger partial charge in [-0.05, 0) is 39.9 Å². The Balaban J connectivity index is 2.23. The van der Waals surface area contributed by atoms with Crippen LogP contribution in [-0.4, -0.2) is 63.0 Å². The number of piperidine rings is 1. The van der Waals surface area contributed by atoms with Gasteiger partial charge in [0.05, 0.1) is 0 Å². The number of rotatable bonds is 5. The Morgan fingerprint density at radius 3 is 2.50 bits per heavy atom. The second kappa shape index (κ2) is 6.86. The number of hydrogen-bond donors (Lipinski definition) is 1. The van der Waals surface area contributed by atoms with E-state index in [-0.39, 0.29) is 0 Å². The minimum Gasteiger partial charge on any atom is -0.343 e. The topological polar surface area (TPSA) is 35.6 Å². The Morgan fingerprint density at radius 2 is 2.00 bits per heavy atom. The highest BCUT2D eigenvalue weighted by Gasteiger charge is 2.22. The summed E-state index contributed by atoms with van der Waals surface area (Å²) in [6.45, 7) is 3.83. The highest BCUT2D eigenvalue weighted by Crippen LogP contribution is 2.18. The zero-order chi connectivity index (χ0) is 12.0. The second-order valence-corrected chi connectivity index (χ2v) is 4.94. The van der Waals surface area contributed by atoms with Gasteiger partial charge in [0.25, 0.3) is 0 Å². The van der Waals surface area contributed by atoms with Crippen LogP contribution in [0.4, 0.5) is 0 Å². The van der Waals surface area contributed by atoms with Crippen molar-refractivity contribution in [3.8, 4) is 0 Å². The number of amides is 1. The SMILES string of the molecule is CNCCC(=O)N1CCC(CN(C)C)CC1. The highest BCUT2D eigenvalue weighted by atomic mass is 16.2. The molecule has 0 spiro atoms. The summed E-state index contributed by atoms with van der Waals surface area (Å²) in [4.78, 5) is 16.0. The smallest absolute Gasteiger partial charge is 0.223 e. The van der Waals surface area contributed by atoms with E-state index in [1.807, 2.05) is 11.9 Å². The van der Waals surface area contributed by atoms with Crippen LogP contribution in [0, 0.1) is 5.92 Å². The van der Waals surface area contributed by atoms with E-state index in [0.29, 0.717) is 12.3 Å². The summed E-state index contributed by atoms with van der Waals surface area (Å²) in [6, 6.07) is 0. The van der Waals surface area contributed by atoms with Gasteiger partial charge < -0.3 is 15.1 Å². The molecule has 0 unspecified atom stereocenters. The summed E-state index contributed by atoms with van der Waals surface area (Å²) in [7, 11) is 6.12. The minimum absolute atomic E-state index is 0.303. The Bertz CT molecular complexity index is 210. The quantitative estimate of drug-likeness (QED) is 0.738. The molecule has 4 heteroatoms. The molecule has 1 fully saturated rings. The van der Waals surface area contributed by atoms with Crippen LogP contribution >= 0.6 is 0 Å². The van der Waals surface area contributed by atoms with E-state index in [1.165, 1.54) is 0 Å². The summed E-state index contributed by atoms with van der Waals surface area (Å²) in [6.07, 6.45) is 2.95. The van der Waals surface area contributed by atoms with Gasteiger partial charge in [-0.3, -0.25) is 4.79 Å². The van der Waals surface area contributed by atoms with Crippen molar-refractivity contribution in [2.75, 3.05) is 47.3 Å². The molecule has 1 saturated heterocycles. The van der Waals surface area contributed by atoms with Crippen molar-refractivity contribution in [2.45, 2.75) is 19.3 Å². The van der Waals surface area contributed by atoms with Crippen LogP contribution in [0.5, 0.6) is 0 Å². The molecule has 0 radical (unpaired) electrons. The number of carbonyl (C=O) groups is 1. The van der Waals surface area contributed by atoms with Crippen LogP contribution < -0.4 is 5.32 Å².